The van der Waals surface area contributed by atoms with Gasteiger partial charge in [0, 0.05) is 6.04 Å². The van der Waals surface area contributed by atoms with Gasteiger partial charge in [-0.3, -0.25) is 0 Å². The number of nitrogens with zero attached hydrogens (tertiary/aromatic N) is 1. The summed E-state index contributed by atoms with van der Waals surface area (Å²) in [6.07, 6.45) is -4.29. The van der Waals surface area contributed by atoms with E-state index in [0.29, 0.717) is 11.1 Å². The second kappa shape index (κ2) is 4.45. The molecule has 0 heterocycles. The average Bonchev–Trinajstić information content (AvgIpc) is 2.15. The van der Waals surface area contributed by atoms with Crippen LogP contribution in [0, 0.1) is 6.92 Å². The lowest BCUT2D eigenvalue weighted by atomic mass is 9.98. The van der Waals surface area contributed by atoms with Gasteiger partial charge in [0.15, 0.2) is 0 Å². The van der Waals surface area contributed by atoms with E-state index in [9.17, 15) is 13.2 Å². The van der Waals surface area contributed by atoms with E-state index in [1.54, 1.807) is 45.0 Å². The second-order valence-electron chi connectivity index (χ2n) is 4.23. The minimum atomic E-state index is -4.29. The van der Waals surface area contributed by atoms with Gasteiger partial charge in [-0.1, -0.05) is 17.7 Å². The molecule has 1 rings (SSSR count). The highest BCUT2D eigenvalue weighted by molar-refractivity contribution is 5.35. The molecule has 90 valence electrons. The van der Waals surface area contributed by atoms with Gasteiger partial charge in [-0.2, -0.15) is 13.2 Å². The van der Waals surface area contributed by atoms with Gasteiger partial charge >= 0.3 is 6.18 Å². The monoisotopic (exact) mass is 231 g/mol. The Hall–Kier alpha value is -1.03. The molecule has 0 N–H and O–H groups in total. The Morgan fingerprint density at radius 1 is 1.19 bits per heavy atom. The third-order valence-electron chi connectivity index (χ3n) is 2.74. The van der Waals surface area contributed by atoms with Crippen LogP contribution in [0.1, 0.15) is 29.7 Å². The minimum Gasteiger partial charge on any atom is -0.303 e. The number of hydrogen-bond donors (Lipinski definition) is 0. The number of hydrogen-bond acceptors (Lipinski definition) is 1. The number of rotatable bonds is 2. The molecule has 0 aliphatic carbocycles. The van der Waals surface area contributed by atoms with Crippen molar-refractivity contribution in [3.63, 3.8) is 0 Å². The van der Waals surface area contributed by atoms with E-state index in [4.69, 9.17) is 0 Å². The first-order valence-corrected chi connectivity index (χ1v) is 5.07. The summed E-state index contributed by atoms with van der Waals surface area (Å²) >= 11 is 0. The lowest BCUT2D eigenvalue weighted by molar-refractivity contribution is -0.138. The van der Waals surface area contributed by atoms with Crippen molar-refractivity contribution in [1.29, 1.82) is 0 Å². The third kappa shape index (κ3) is 2.76. The maximum absolute atomic E-state index is 12.8. The first-order valence-electron chi connectivity index (χ1n) is 5.07. The van der Waals surface area contributed by atoms with Crippen molar-refractivity contribution < 1.29 is 13.2 Å². The summed E-state index contributed by atoms with van der Waals surface area (Å²) in [4.78, 5) is 1.76. The Bertz CT molecular complexity index is 369. The summed E-state index contributed by atoms with van der Waals surface area (Å²) in [7, 11) is 3.54. The highest BCUT2D eigenvalue weighted by atomic mass is 19.4. The van der Waals surface area contributed by atoms with Gasteiger partial charge in [-0.25, -0.2) is 0 Å². The van der Waals surface area contributed by atoms with Gasteiger partial charge < -0.3 is 4.90 Å². The first-order chi connectivity index (χ1) is 7.23. The molecule has 1 nitrogen and oxygen atoms in total. The molecule has 16 heavy (non-hydrogen) atoms. The van der Waals surface area contributed by atoms with E-state index < -0.39 is 11.7 Å². The van der Waals surface area contributed by atoms with E-state index in [0.717, 1.165) is 0 Å². The summed E-state index contributed by atoms with van der Waals surface area (Å²) in [5, 5.41) is 0. The molecule has 4 heteroatoms. The highest BCUT2D eigenvalue weighted by Gasteiger charge is 2.34. The number of halogens is 3. The summed E-state index contributed by atoms with van der Waals surface area (Å²) in [6.45, 7) is 3.43. The van der Waals surface area contributed by atoms with Crippen LogP contribution in [0.3, 0.4) is 0 Å². The third-order valence-corrected chi connectivity index (χ3v) is 2.74. The van der Waals surface area contributed by atoms with Crippen LogP contribution in [0.2, 0.25) is 0 Å². The molecule has 0 aliphatic heterocycles. The molecular weight excluding hydrogens is 215 g/mol. The van der Waals surface area contributed by atoms with E-state index >= 15 is 0 Å². The Morgan fingerprint density at radius 2 is 1.75 bits per heavy atom. The van der Waals surface area contributed by atoms with Crippen LogP contribution in [-0.2, 0) is 6.18 Å². The van der Waals surface area contributed by atoms with Crippen molar-refractivity contribution in [3.05, 3.63) is 34.9 Å². The van der Waals surface area contributed by atoms with Crippen molar-refractivity contribution >= 4 is 0 Å². The fourth-order valence-corrected chi connectivity index (χ4v) is 1.56. The second-order valence-corrected chi connectivity index (χ2v) is 4.23. The fourth-order valence-electron chi connectivity index (χ4n) is 1.56. The quantitative estimate of drug-likeness (QED) is 0.751. The Labute approximate surface area is 93.9 Å². The number of aryl methyl sites for hydroxylation is 1. The molecule has 1 aromatic rings. The smallest absolute Gasteiger partial charge is 0.303 e. The maximum atomic E-state index is 12.8. The first kappa shape index (κ1) is 13.0. The SMILES string of the molecule is Cc1ccc(C(C)N(C)C)c(C(F)(F)F)c1. The number of benzene rings is 1. The van der Waals surface area contributed by atoms with Crippen LogP contribution in [0.25, 0.3) is 0 Å². The molecule has 0 aliphatic rings. The summed E-state index contributed by atoms with van der Waals surface area (Å²) < 4.78 is 38.5. The van der Waals surface area contributed by atoms with E-state index in [-0.39, 0.29) is 6.04 Å². The van der Waals surface area contributed by atoms with Gasteiger partial charge in [-0.05, 0) is 39.6 Å². The Balaban J connectivity index is 3.29. The van der Waals surface area contributed by atoms with E-state index in [1.165, 1.54) is 6.07 Å². The molecule has 0 spiro atoms. The molecule has 0 amide bonds. The maximum Gasteiger partial charge on any atom is 0.416 e. The van der Waals surface area contributed by atoms with Gasteiger partial charge in [0.25, 0.3) is 0 Å². The zero-order valence-electron chi connectivity index (χ0n) is 9.89. The molecule has 1 atom stereocenters. The van der Waals surface area contributed by atoms with E-state index in [1.807, 2.05) is 0 Å². The molecular formula is C12H16F3N. The Kier molecular flexibility index (Phi) is 3.63. The lowest BCUT2D eigenvalue weighted by Crippen LogP contribution is -2.21. The summed E-state index contributed by atoms with van der Waals surface area (Å²) in [5.74, 6) is 0. The van der Waals surface area contributed by atoms with Crippen molar-refractivity contribution in [1.82, 2.24) is 4.90 Å². The standard InChI is InChI=1S/C12H16F3N/c1-8-5-6-10(9(2)16(3)4)11(7-8)12(13,14)15/h5-7,9H,1-4H3. The molecule has 0 aromatic heterocycles. The van der Waals surface area contributed by atoms with Gasteiger partial charge in [-0.15, -0.1) is 0 Å². The van der Waals surface area contributed by atoms with Crippen LogP contribution in [0.4, 0.5) is 13.2 Å². The molecule has 0 radical (unpaired) electrons. The predicted molar refractivity (Wildman–Crippen MR) is 58.3 cm³/mol. The van der Waals surface area contributed by atoms with Crippen molar-refractivity contribution in [2.75, 3.05) is 14.1 Å². The average molecular weight is 231 g/mol. The fraction of sp³-hybridized carbons (Fsp3) is 0.500. The van der Waals surface area contributed by atoms with Crippen LogP contribution in [-0.4, -0.2) is 19.0 Å². The van der Waals surface area contributed by atoms with Crippen molar-refractivity contribution in [3.8, 4) is 0 Å². The zero-order chi connectivity index (χ0) is 12.5. The zero-order valence-corrected chi connectivity index (χ0v) is 9.89. The van der Waals surface area contributed by atoms with Crippen LogP contribution >= 0.6 is 0 Å². The lowest BCUT2D eigenvalue weighted by Gasteiger charge is -2.24. The Morgan fingerprint density at radius 3 is 2.19 bits per heavy atom. The summed E-state index contributed by atoms with van der Waals surface area (Å²) in [5.41, 5.74) is 0.416. The van der Waals surface area contributed by atoms with E-state index in [2.05, 4.69) is 0 Å². The normalized spacial score (nSPS) is 14.2. The van der Waals surface area contributed by atoms with Gasteiger partial charge in [0.1, 0.15) is 0 Å². The predicted octanol–water partition coefficient (Wildman–Crippen LogP) is 3.64. The number of alkyl halides is 3. The van der Waals surface area contributed by atoms with Crippen LogP contribution in [0.5, 0.6) is 0 Å². The molecule has 1 aromatic carbocycles. The van der Waals surface area contributed by atoms with Gasteiger partial charge in [0.2, 0.25) is 0 Å². The minimum absolute atomic E-state index is 0.253. The summed E-state index contributed by atoms with van der Waals surface area (Å²) in [6, 6.07) is 4.22. The topological polar surface area (TPSA) is 3.24 Å². The molecule has 0 saturated heterocycles. The largest absolute Gasteiger partial charge is 0.416 e. The van der Waals surface area contributed by atoms with Crippen molar-refractivity contribution in [2.45, 2.75) is 26.1 Å². The van der Waals surface area contributed by atoms with Crippen LogP contribution in [0.15, 0.2) is 18.2 Å². The highest BCUT2D eigenvalue weighted by Crippen LogP contribution is 2.36. The molecule has 0 saturated carbocycles. The van der Waals surface area contributed by atoms with Crippen molar-refractivity contribution in [2.24, 2.45) is 0 Å². The molecule has 0 bridgehead atoms. The molecule has 1 unspecified atom stereocenters. The molecule has 0 fully saturated rings. The van der Waals surface area contributed by atoms with Crippen LogP contribution < -0.4 is 0 Å². The van der Waals surface area contributed by atoms with Gasteiger partial charge in [0.05, 0.1) is 5.56 Å².